The van der Waals surface area contributed by atoms with E-state index in [0.29, 0.717) is 0 Å². The fourth-order valence-electron chi connectivity index (χ4n) is 0.731. The van der Waals surface area contributed by atoms with Crippen molar-refractivity contribution in [3.05, 3.63) is 11.4 Å². The summed E-state index contributed by atoms with van der Waals surface area (Å²) in [5.74, 6) is -0.363. The molecule has 0 unspecified atom stereocenters. The van der Waals surface area contributed by atoms with Crippen LogP contribution in [0.3, 0.4) is 0 Å². The van der Waals surface area contributed by atoms with E-state index in [1.807, 2.05) is 0 Å². The standard InChI is InChI=1S/C6H8N2O5S/c1-4(9)6-5(7-13-8-6)3-12-14(2,10)11/h3H2,1-2H3. The highest BCUT2D eigenvalue weighted by Crippen LogP contribution is 2.06. The van der Waals surface area contributed by atoms with Crippen molar-refractivity contribution in [2.45, 2.75) is 13.5 Å². The molecule has 14 heavy (non-hydrogen) atoms. The average Bonchev–Trinajstić information content (AvgIpc) is 2.46. The largest absolute Gasteiger partial charge is 0.293 e. The smallest absolute Gasteiger partial charge is 0.264 e. The third kappa shape index (κ3) is 2.89. The van der Waals surface area contributed by atoms with Gasteiger partial charge in [0.25, 0.3) is 10.1 Å². The van der Waals surface area contributed by atoms with Gasteiger partial charge in [0.1, 0.15) is 12.3 Å². The Bertz CT molecular complexity index is 435. The Kier molecular flexibility index (Phi) is 2.96. The maximum Gasteiger partial charge on any atom is 0.264 e. The van der Waals surface area contributed by atoms with E-state index >= 15 is 0 Å². The first-order chi connectivity index (χ1) is 6.40. The number of hydrogen-bond donors (Lipinski definition) is 0. The molecule has 0 saturated heterocycles. The van der Waals surface area contributed by atoms with Gasteiger partial charge >= 0.3 is 0 Å². The van der Waals surface area contributed by atoms with Gasteiger partial charge in [-0.25, -0.2) is 4.63 Å². The number of nitrogens with zero attached hydrogens (tertiary/aromatic N) is 2. The minimum absolute atomic E-state index is 0.0198. The lowest BCUT2D eigenvalue weighted by Gasteiger charge is -1.96. The second-order valence-electron chi connectivity index (χ2n) is 2.58. The van der Waals surface area contributed by atoms with Gasteiger partial charge in [-0.05, 0) is 5.16 Å². The summed E-state index contributed by atoms with van der Waals surface area (Å²) < 4.78 is 29.9. The van der Waals surface area contributed by atoms with E-state index in [1.165, 1.54) is 6.92 Å². The summed E-state index contributed by atoms with van der Waals surface area (Å²) in [6.07, 6.45) is 0.897. The van der Waals surface area contributed by atoms with Crippen molar-refractivity contribution in [1.82, 2.24) is 10.3 Å². The maximum absolute atomic E-state index is 10.9. The summed E-state index contributed by atoms with van der Waals surface area (Å²) in [7, 11) is -3.56. The molecule has 0 bridgehead atoms. The molecule has 1 aromatic rings. The molecule has 0 aromatic carbocycles. The first kappa shape index (κ1) is 10.8. The van der Waals surface area contributed by atoms with Gasteiger partial charge in [0.05, 0.1) is 6.26 Å². The molecule has 1 heterocycles. The first-order valence-corrected chi connectivity index (χ1v) is 5.38. The van der Waals surface area contributed by atoms with E-state index in [-0.39, 0.29) is 23.8 Å². The number of hydrogen-bond acceptors (Lipinski definition) is 7. The number of rotatable bonds is 4. The van der Waals surface area contributed by atoms with Crippen LogP contribution in [0.5, 0.6) is 0 Å². The first-order valence-electron chi connectivity index (χ1n) is 3.57. The molecule has 7 nitrogen and oxygen atoms in total. The van der Waals surface area contributed by atoms with E-state index < -0.39 is 10.1 Å². The van der Waals surface area contributed by atoms with Gasteiger partial charge in [0.15, 0.2) is 11.5 Å². The number of aromatic nitrogens is 2. The molecule has 0 saturated carbocycles. The molecule has 78 valence electrons. The Morgan fingerprint density at radius 2 is 2.14 bits per heavy atom. The van der Waals surface area contributed by atoms with Gasteiger partial charge < -0.3 is 0 Å². The molecular weight excluding hydrogens is 212 g/mol. The van der Waals surface area contributed by atoms with Crippen LogP contribution in [0.1, 0.15) is 23.1 Å². The van der Waals surface area contributed by atoms with Gasteiger partial charge in [-0.2, -0.15) is 8.42 Å². The second-order valence-corrected chi connectivity index (χ2v) is 4.23. The number of carbonyl (C=O) groups is 1. The monoisotopic (exact) mass is 220 g/mol. The van der Waals surface area contributed by atoms with Crippen LogP contribution >= 0.6 is 0 Å². The van der Waals surface area contributed by atoms with Crippen LogP contribution in [0.15, 0.2) is 4.63 Å². The normalized spacial score (nSPS) is 11.6. The predicted octanol–water partition coefficient (Wildman–Crippen LogP) is -0.252. The van der Waals surface area contributed by atoms with Gasteiger partial charge in [0, 0.05) is 6.92 Å². The Hall–Kier alpha value is -1.28. The van der Waals surface area contributed by atoms with Gasteiger partial charge in [-0.15, -0.1) is 0 Å². The van der Waals surface area contributed by atoms with Crippen molar-refractivity contribution in [3.63, 3.8) is 0 Å². The summed E-state index contributed by atoms with van der Waals surface area (Å²) >= 11 is 0. The molecule has 0 atom stereocenters. The summed E-state index contributed by atoms with van der Waals surface area (Å²) in [4.78, 5) is 10.9. The maximum atomic E-state index is 10.9. The molecule has 0 aliphatic carbocycles. The Balaban J connectivity index is 2.77. The molecule has 8 heteroatoms. The quantitative estimate of drug-likeness (QED) is 0.509. The zero-order valence-electron chi connectivity index (χ0n) is 7.55. The van der Waals surface area contributed by atoms with E-state index in [1.54, 1.807) is 0 Å². The summed E-state index contributed by atoms with van der Waals surface area (Å²) in [6.45, 7) is 0.917. The summed E-state index contributed by atoms with van der Waals surface area (Å²) in [6, 6.07) is 0. The van der Waals surface area contributed by atoms with E-state index in [0.717, 1.165) is 6.26 Å². The molecule has 0 aliphatic rings. The summed E-state index contributed by atoms with van der Waals surface area (Å²) in [5, 5.41) is 6.65. The van der Waals surface area contributed by atoms with Crippen LogP contribution in [0.2, 0.25) is 0 Å². The van der Waals surface area contributed by atoms with Crippen molar-refractivity contribution in [2.24, 2.45) is 0 Å². The zero-order chi connectivity index (χ0) is 10.8. The fourth-order valence-corrected chi connectivity index (χ4v) is 1.06. The van der Waals surface area contributed by atoms with E-state index in [2.05, 4.69) is 19.1 Å². The lowest BCUT2D eigenvalue weighted by Crippen LogP contribution is -2.06. The topological polar surface area (TPSA) is 99.4 Å². The highest BCUT2D eigenvalue weighted by Gasteiger charge is 2.16. The lowest BCUT2D eigenvalue weighted by atomic mass is 10.2. The highest BCUT2D eigenvalue weighted by atomic mass is 32.2. The minimum Gasteiger partial charge on any atom is -0.293 e. The SMILES string of the molecule is CC(=O)c1nonc1COS(C)(=O)=O. The Morgan fingerprint density at radius 1 is 1.50 bits per heavy atom. The van der Waals surface area contributed by atoms with Gasteiger partial charge in [-0.3, -0.25) is 8.98 Å². The van der Waals surface area contributed by atoms with Crippen molar-refractivity contribution >= 4 is 15.9 Å². The van der Waals surface area contributed by atoms with Crippen LogP contribution in [0.4, 0.5) is 0 Å². The van der Waals surface area contributed by atoms with Crippen molar-refractivity contribution < 1.29 is 22.0 Å². The molecule has 0 radical (unpaired) electrons. The zero-order valence-corrected chi connectivity index (χ0v) is 8.37. The molecule has 0 fully saturated rings. The minimum atomic E-state index is -3.56. The van der Waals surface area contributed by atoms with Gasteiger partial charge in [0.2, 0.25) is 0 Å². The molecule has 1 aromatic heterocycles. The molecule has 0 aliphatic heterocycles. The van der Waals surface area contributed by atoms with Crippen molar-refractivity contribution in [1.29, 1.82) is 0 Å². The van der Waals surface area contributed by atoms with Gasteiger partial charge in [-0.1, -0.05) is 5.16 Å². The van der Waals surface area contributed by atoms with Crippen LogP contribution in [-0.2, 0) is 20.9 Å². The van der Waals surface area contributed by atoms with E-state index in [9.17, 15) is 13.2 Å². The Labute approximate surface area is 80.1 Å². The molecular formula is C6H8N2O5S. The molecule has 0 N–H and O–H groups in total. The number of Topliss-reactive ketones (excluding diaryl/α,β-unsaturated/α-hetero) is 1. The fraction of sp³-hybridized carbons (Fsp3) is 0.500. The second kappa shape index (κ2) is 3.84. The highest BCUT2D eigenvalue weighted by molar-refractivity contribution is 7.85. The van der Waals surface area contributed by atoms with Crippen LogP contribution in [0, 0.1) is 0 Å². The predicted molar refractivity (Wildman–Crippen MR) is 43.9 cm³/mol. The van der Waals surface area contributed by atoms with E-state index in [4.69, 9.17) is 0 Å². The third-order valence-corrected chi connectivity index (χ3v) is 1.85. The molecule has 0 amide bonds. The van der Waals surface area contributed by atoms with Crippen molar-refractivity contribution in [2.75, 3.05) is 6.26 Å². The van der Waals surface area contributed by atoms with Crippen LogP contribution < -0.4 is 0 Å². The summed E-state index contributed by atoms with van der Waals surface area (Å²) in [5.41, 5.74) is 0.0524. The van der Waals surface area contributed by atoms with Crippen LogP contribution in [-0.4, -0.2) is 30.8 Å². The molecule has 1 rings (SSSR count). The Morgan fingerprint density at radius 3 is 2.64 bits per heavy atom. The van der Waals surface area contributed by atoms with Crippen LogP contribution in [0.25, 0.3) is 0 Å². The average molecular weight is 220 g/mol. The number of ketones is 1. The molecule has 0 spiro atoms. The third-order valence-electron chi connectivity index (χ3n) is 1.30. The van der Waals surface area contributed by atoms with Crippen molar-refractivity contribution in [3.8, 4) is 0 Å². The number of carbonyl (C=O) groups excluding carboxylic acids is 1. The lowest BCUT2D eigenvalue weighted by molar-refractivity contribution is 0.100.